The molecule has 9 heteroatoms. The van der Waals surface area contributed by atoms with Crippen LogP contribution in [0.1, 0.15) is 21.5 Å². The van der Waals surface area contributed by atoms with Crippen LogP contribution in [0.5, 0.6) is 11.5 Å². The number of amides is 1. The van der Waals surface area contributed by atoms with E-state index in [0.717, 1.165) is 15.6 Å². The number of fused-ring (bicyclic) bond motifs is 2. The first-order chi connectivity index (χ1) is 13.6. The number of hydrogen-bond acceptors (Lipinski definition) is 7. The fourth-order valence-electron chi connectivity index (χ4n) is 3.07. The monoisotopic (exact) mass is 437 g/mol. The minimum Gasteiger partial charge on any atom is -0.454 e. The highest BCUT2D eigenvalue weighted by atomic mass is 79.9. The summed E-state index contributed by atoms with van der Waals surface area (Å²) < 4.78 is 11.5. The molecule has 2 aromatic rings. The lowest BCUT2D eigenvalue weighted by atomic mass is 10.1. The number of halogens is 1. The van der Waals surface area contributed by atoms with Gasteiger partial charge in [0, 0.05) is 23.1 Å². The van der Waals surface area contributed by atoms with E-state index in [2.05, 4.69) is 26.5 Å². The Morgan fingerprint density at radius 1 is 1.21 bits per heavy atom. The van der Waals surface area contributed by atoms with E-state index < -0.39 is 0 Å². The van der Waals surface area contributed by atoms with E-state index in [0.29, 0.717) is 35.8 Å². The largest absolute Gasteiger partial charge is 0.454 e. The van der Waals surface area contributed by atoms with Gasteiger partial charge in [-0.15, -0.1) is 0 Å². The number of carbonyl (C=O) groups is 1. The molecule has 0 saturated heterocycles. The average molecular weight is 438 g/mol. The van der Waals surface area contributed by atoms with E-state index in [-0.39, 0.29) is 18.4 Å². The highest BCUT2D eigenvalue weighted by Gasteiger charge is 2.30. The molecular weight excluding hydrogens is 426 g/mol. The second-order valence-electron chi connectivity index (χ2n) is 6.13. The number of hydrazone groups is 1. The zero-order valence-corrected chi connectivity index (χ0v) is 16.0. The number of nitrogens with zero attached hydrogens (tertiary/aromatic N) is 4. The van der Waals surface area contributed by atoms with Gasteiger partial charge in [0.05, 0.1) is 5.69 Å². The number of benzene rings is 2. The molecule has 28 heavy (non-hydrogen) atoms. The van der Waals surface area contributed by atoms with Gasteiger partial charge in [0.2, 0.25) is 12.5 Å². The molecule has 0 aliphatic carbocycles. The summed E-state index contributed by atoms with van der Waals surface area (Å²) in [6.07, 6.45) is 0. The molecular formula is C19H12BrN5O3. The molecule has 0 radical (unpaired) electrons. The maximum atomic E-state index is 12.9. The third-order valence-electron chi connectivity index (χ3n) is 4.38. The molecule has 0 bridgehead atoms. The van der Waals surface area contributed by atoms with Gasteiger partial charge in [0.25, 0.3) is 5.91 Å². The molecule has 0 spiro atoms. The predicted molar refractivity (Wildman–Crippen MR) is 103 cm³/mol. The fraction of sp³-hybridized carbons (Fsp3) is 0.158. The molecule has 0 fully saturated rings. The Bertz CT molecular complexity index is 1080. The quantitative estimate of drug-likeness (QED) is 0.580. The summed E-state index contributed by atoms with van der Waals surface area (Å²) in [6.45, 7) is 1.11. The number of rotatable bonds is 4. The van der Waals surface area contributed by atoms with Crippen molar-refractivity contribution < 1.29 is 14.3 Å². The first-order valence-corrected chi connectivity index (χ1v) is 9.02. The minimum absolute atomic E-state index is 0.109. The summed E-state index contributed by atoms with van der Waals surface area (Å²) >= 11 is 3.49. The van der Waals surface area contributed by atoms with Crippen LogP contribution in [0.3, 0.4) is 0 Å². The van der Waals surface area contributed by atoms with Gasteiger partial charge in [-0.3, -0.25) is 10.2 Å². The summed E-state index contributed by atoms with van der Waals surface area (Å²) in [5, 5.41) is 21.2. The molecule has 138 valence electrons. The molecule has 0 unspecified atom stereocenters. The first kappa shape index (κ1) is 17.8. The van der Waals surface area contributed by atoms with E-state index >= 15 is 0 Å². The van der Waals surface area contributed by atoms with Gasteiger partial charge in [-0.05, 0) is 35.4 Å². The van der Waals surface area contributed by atoms with Crippen molar-refractivity contribution in [1.82, 2.24) is 4.90 Å². The van der Waals surface area contributed by atoms with Gasteiger partial charge in [0.15, 0.2) is 11.5 Å². The van der Waals surface area contributed by atoms with Crippen molar-refractivity contribution in [3.63, 3.8) is 0 Å². The van der Waals surface area contributed by atoms with Gasteiger partial charge in [-0.1, -0.05) is 22.0 Å². The molecule has 2 heterocycles. The molecule has 2 aliphatic heterocycles. The molecule has 1 N–H and O–H groups in total. The minimum atomic E-state index is -0.299. The van der Waals surface area contributed by atoms with Crippen LogP contribution in [0.2, 0.25) is 0 Å². The number of hydrogen-bond donors (Lipinski definition) is 1. The van der Waals surface area contributed by atoms with Crippen LogP contribution in [-0.4, -0.2) is 23.3 Å². The number of nitriles is 2. The van der Waals surface area contributed by atoms with Crippen LogP contribution >= 0.6 is 15.9 Å². The summed E-state index contributed by atoms with van der Waals surface area (Å²) in [5.74, 6) is 1.27. The normalized spacial score (nSPS) is 13.5. The highest BCUT2D eigenvalue weighted by Crippen LogP contribution is 2.36. The smallest absolute Gasteiger partial charge is 0.254 e. The third-order valence-corrected chi connectivity index (χ3v) is 5.09. The third kappa shape index (κ3) is 3.24. The van der Waals surface area contributed by atoms with Gasteiger partial charge in [-0.25, -0.2) is 0 Å². The second-order valence-corrected chi connectivity index (χ2v) is 6.98. The van der Waals surface area contributed by atoms with Crippen molar-refractivity contribution >= 4 is 33.2 Å². The second kappa shape index (κ2) is 7.22. The highest BCUT2D eigenvalue weighted by molar-refractivity contribution is 9.10. The average Bonchev–Trinajstić information content (AvgIpc) is 3.28. The molecule has 0 atom stereocenters. The Balaban J connectivity index is 1.55. The van der Waals surface area contributed by atoms with Crippen molar-refractivity contribution in [1.29, 1.82) is 10.5 Å². The van der Waals surface area contributed by atoms with E-state index in [1.807, 2.05) is 18.2 Å². The van der Waals surface area contributed by atoms with Crippen LogP contribution in [-0.2, 0) is 13.1 Å². The van der Waals surface area contributed by atoms with E-state index in [1.165, 1.54) is 0 Å². The molecule has 8 nitrogen and oxygen atoms in total. The van der Waals surface area contributed by atoms with Crippen molar-refractivity contribution in [3.8, 4) is 23.6 Å². The number of carbonyl (C=O) groups excluding carboxylic acids is 1. The van der Waals surface area contributed by atoms with Crippen molar-refractivity contribution in [2.24, 2.45) is 5.10 Å². The Morgan fingerprint density at radius 2 is 2.00 bits per heavy atom. The molecule has 2 aliphatic rings. The number of anilines is 1. The summed E-state index contributed by atoms with van der Waals surface area (Å²) in [6, 6.07) is 12.4. The Kier molecular flexibility index (Phi) is 4.60. The lowest BCUT2D eigenvalue weighted by molar-refractivity contribution is 0.0766. The van der Waals surface area contributed by atoms with Crippen LogP contribution < -0.4 is 14.9 Å². The van der Waals surface area contributed by atoms with Crippen LogP contribution in [0.4, 0.5) is 5.69 Å². The number of ether oxygens (including phenoxy) is 2. The maximum Gasteiger partial charge on any atom is 0.254 e. The topological polar surface area (TPSA) is 111 Å². The molecule has 0 aromatic heterocycles. The SMILES string of the molecule is N#CC(C#N)=NNc1cc(Br)c2c(c1)C(=O)N(Cc1ccc3c(c1)OCO3)C2. The Hall–Kier alpha value is -3.56. The molecule has 0 saturated carbocycles. The maximum absolute atomic E-state index is 12.9. The van der Waals surface area contributed by atoms with Crippen molar-refractivity contribution in [3.05, 3.63) is 51.5 Å². The molecule has 4 rings (SSSR count). The predicted octanol–water partition coefficient (Wildman–Crippen LogP) is 3.15. The number of nitrogens with one attached hydrogen (secondary N) is 1. The van der Waals surface area contributed by atoms with Crippen molar-refractivity contribution in [2.75, 3.05) is 12.2 Å². The van der Waals surface area contributed by atoms with E-state index in [4.69, 9.17) is 20.0 Å². The fourth-order valence-corrected chi connectivity index (χ4v) is 3.65. The Labute approximate surface area is 168 Å². The summed E-state index contributed by atoms with van der Waals surface area (Å²) in [5.41, 5.74) is 5.21. The van der Waals surface area contributed by atoms with E-state index in [1.54, 1.807) is 29.2 Å². The molecule has 1 amide bonds. The van der Waals surface area contributed by atoms with Crippen LogP contribution in [0, 0.1) is 22.7 Å². The van der Waals surface area contributed by atoms with Gasteiger partial charge in [-0.2, -0.15) is 15.6 Å². The lowest BCUT2D eigenvalue weighted by Gasteiger charge is -2.16. The standard InChI is InChI=1S/C19H12BrN5O3/c20-16-5-12(23-24-13(6-21)7-22)4-14-15(16)9-25(19(14)26)8-11-1-2-17-18(3-11)28-10-27-17/h1-5,23H,8-10H2. The van der Waals surface area contributed by atoms with Gasteiger partial charge < -0.3 is 14.4 Å². The molecule has 2 aromatic carbocycles. The summed E-state index contributed by atoms with van der Waals surface area (Å²) in [7, 11) is 0. The lowest BCUT2D eigenvalue weighted by Crippen LogP contribution is -2.23. The van der Waals surface area contributed by atoms with Crippen LogP contribution in [0.15, 0.2) is 39.9 Å². The Morgan fingerprint density at radius 3 is 2.79 bits per heavy atom. The van der Waals surface area contributed by atoms with Crippen molar-refractivity contribution in [2.45, 2.75) is 13.1 Å². The van der Waals surface area contributed by atoms with Gasteiger partial charge in [0.1, 0.15) is 12.1 Å². The van der Waals surface area contributed by atoms with E-state index in [9.17, 15) is 4.79 Å². The zero-order chi connectivity index (χ0) is 19.7. The summed E-state index contributed by atoms with van der Waals surface area (Å²) in [4.78, 5) is 14.6. The first-order valence-electron chi connectivity index (χ1n) is 8.23. The van der Waals surface area contributed by atoms with Gasteiger partial charge >= 0.3 is 0 Å². The van der Waals surface area contributed by atoms with Crippen LogP contribution in [0.25, 0.3) is 0 Å². The zero-order valence-electron chi connectivity index (χ0n) is 14.4.